The lowest BCUT2D eigenvalue weighted by molar-refractivity contribution is -0.152. The highest BCUT2D eigenvalue weighted by molar-refractivity contribution is 6.22. The molecule has 0 aromatic heterocycles. The van der Waals surface area contributed by atoms with Crippen LogP contribution in [0.15, 0.2) is 54.6 Å². The minimum Gasteiger partial charge on any atom is -0.454 e. The average molecular weight is 408 g/mol. The quantitative estimate of drug-likeness (QED) is 0.535. The van der Waals surface area contributed by atoms with Gasteiger partial charge in [0.25, 0.3) is 17.7 Å². The molecule has 0 saturated carbocycles. The van der Waals surface area contributed by atoms with Gasteiger partial charge >= 0.3 is 5.97 Å². The molecule has 0 radical (unpaired) electrons. The van der Waals surface area contributed by atoms with Crippen LogP contribution in [-0.4, -0.2) is 47.3 Å². The van der Waals surface area contributed by atoms with Crippen molar-refractivity contribution in [1.82, 2.24) is 10.2 Å². The Bertz CT molecular complexity index is 922. The van der Waals surface area contributed by atoms with E-state index in [-0.39, 0.29) is 17.2 Å². The van der Waals surface area contributed by atoms with Crippen LogP contribution in [0.25, 0.3) is 0 Å². The van der Waals surface area contributed by atoms with Gasteiger partial charge in [-0.2, -0.15) is 0 Å². The third-order valence-electron chi connectivity index (χ3n) is 5.02. The molecule has 7 heteroatoms. The summed E-state index contributed by atoms with van der Waals surface area (Å²) in [6, 6.07) is 15.1. The molecule has 0 saturated heterocycles. The van der Waals surface area contributed by atoms with Gasteiger partial charge < -0.3 is 10.1 Å². The molecule has 7 nitrogen and oxygen atoms in total. The van der Waals surface area contributed by atoms with Crippen molar-refractivity contribution in [2.45, 2.75) is 38.8 Å². The monoisotopic (exact) mass is 408 g/mol. The lowest BCUT2D eigenvalue weighted by Gasteiger charge is -2.21. The maximum absolute atomic E-state index is 12.4. The summed E-state index contributed by atoms with van der Waals surface area (Å²) in [4.78, 5) is 50.2. The molecule has 0 unspecified atom stereocenters. The minimum atomic E-state index is -1.12. The number of aryl methyl sites for hydroxylation is 1. The zero-order valence-electron chi connectivity index (χ0n) is 17.0. The normalized spacial score (nSPS) is 14.8. The predicted octanol–water partition coefficient (Wildman–Crippen LogP) is 2.35. The Morgan fingerprint density at radius 3 is 2.10 bits per heavy atom. The van der Waals surface area contributed by atoms with Gasteiger partial charge in [0.15, 0.2) is 6.61 Å². The summed E-state index contributed by atoms with van der Waals surface area (Å²) in [5.41, 5.74) is 1.69. The van der Waals surface area contributed by atoms with Crippen molar-refractivity contribution < 1.29 is 23.9 Å². The van der Waals surface area contributed by atoms with E-state index < -0.39 is 36.3 Å². The molecule has 0 fully saturated rings. The van der Waals surface area contributed by atoms with Crippen LogP contribution in [-0.2, 0) is 20.7 Å². The zero-order valence-corrected chi connectivity index (χ0v) is 17.0. The number of carbonyl (C=O) groups is 4. The van der Waals surface area contributed by atoms with Gasteiger partial charge in [-0.25, -0.2) is 4.79 Å². The van der Waals surface area contributed by atoms with E-state index in [1.165, 1.54) is 24.6 Å². The van der Waals surface area contributed by atoms with Crippen molar-refractivity contribution in [3.8, 4) is 0 Å². The number of benzene rings is 2. The Balaban J connectivity index is 1.46. The van der Waals surface area contributed by atoms with Gasteiger partial charge in [0.1, 0.15) is 6.04 Å². The summed E-state index contributed by atoms with van der Waals surface area (Å²) >= 11 is 0. The number of ether oxygens (including phenoxy) is 1. The molecule has 0 aliphatic carbocycles. The van der Waals surface area contributed by atoms with E-state index in [0.717, 1.165) is 17.7 Å². The fourth-order valence-electron chi connectivity index (χ4n) is 3.34. The lowest BCUT2D eigenvalue weighted by atomic mass is 10.1. The number of nitrogens with one attached hydrogen (secondary N) is 1. The first-order valence-electron chi connectivity index (χ1n) is 9.85. The first kappa shape index (κ1) is 21.2. The standard InChI is InChI=1S/C23H24N2O5/c1-15(12-13-17-8-4-3-5-9-17)24-20(26)14-30-23(29)16(2)25-21(27)18-10-6-7-11-19(18)22(25)28/h3-11,15-16H,12-14H2,1-2H3,(H,24,26)/t15-,16-/m1/s1. The van der Waals surface area contributed by atoms with Crippen LogP contribution < -0.4 is 5.32 Å². The first-order valence-corrected chi connectivity index (χ1v) is 9.85. The third-order valence-corrected chi connectivity index (χ3v) is 5.02. The molecule has 0 bridgehead atoms. The van der Waals surface area contributed by atoms with Crippen LogP contribution in [0.1, 0.15) is 46.5 Å². The van der Waals surface area contributed by atoms with E-state index in [0.29, 0.717) is 0 Å². The molecule has 1 aliphatic heterocycles. The number of hydrogen-bond donors (Lipinski definition) is 1. The molecule has 3 amide bonds. The molecule has 1 aliphatic rings. The molecular weight excluding hydrogens is 384 g/mol. The minimum absolute atomic E-state index is 0.0925. The van der Waals surface area contributed by atoms with E-state index in [2.05, 4.69) is 5.32 Å². The fourth-order valence-corrected chi connectivity index (χ4v) is 3.34. The summed E-state index contributed by atoms with van der Waals surface area (Å²) in [6.45, 7) is 2.82. The Morgan fingerprint density at radius 2 is 1.50 bits per heavy atom. The van der Waals surface area contributed by atoms with Gasteiger partial charge in [0.2, 0.25) is 0 Å². The van der Waals surface area contributed by atoms with Crippen LogP contribution in [0.3, 0.4) is 0 Å². The largest absolute Gasteiger partial charge is 0.454 e. The van der Waals surface area contributed by atoms with Crippen molar-refractivity contribution >= 4 is 23.7 Å². The number of nitrogens with zero attached hydrogens (tertiary/aromatic N) is 1. The number of hydrogen-bond acceptors (Lipinski definition) is 5. The summed E-state index contributed by atoms with van der Waals surface area (Å²) in [7, 11) is 0. The number of amides is 3. The number of fused-ring (bicyclic) bond motifs is 1. The van der Waals surface area contributed by atoms with Crippen LogP contribution in [0.4, 0.5) is 0 Å². The second kappa shape index (κ2) is 9.35. The van der Waals surface area contributed by atoms with Gasteiger partial charge in [0, 0.05) is 6.04 Å². The van der Waals surface area contributed by atoms with E-state index in [1.54, 1.807) is 12.1 Å². The van der Waals surface area contributed by atoms with Gasteiger partial charge in [-0.15, -0.1) is 0 Å². The maximum Gasteiger partial charge on any atom is 0.329 e. The number of esters is 1. The van der Waals surface area contributed by atoms with E-state index in [1.807, 2.05) is 37.3 Å². The van der Waals surface area contributed by atoms with E-state index in [4.69, 9.17) is 4.74 Å². The van der Waals surface area contributed by atoms with Crippen LogP contribution >= 0.6 is 0 Å². The summed E-state index contributed by atoms with van der Waals surface area (Å²) in [5.74, 6) is -2.33. The van der Waals surface area contributed by atoms with Crippen LogP contribution in [0, 0.1) is 0 Å². The molecule has 0 spiro atoms. The van der Waals surface area contributed by atoms with Crippen molar-refractivity contribution in [1.29, 1.82) is 0 Å². The second-order valence-electron chi connectivity index (χ2n) is 7.30. The van der Waals surface area contributed by atoms with Crippen molar-refractivity contribution in [3.63, 3.8) is 0 Å². The lowest BCUT2D eigenvalue weighted by Crippen LogP contribution is -2.45. The highest BCUT2D eigenvalue weighted by Crippen LogP contribution is 2.24. The van der Waals surface area contributed by atoms with Crippen LogP contribution in [0.5, 0.6) is 0 Å². The van der Waals surface area contributed by atoms with Gasteiger partial charge in [-0.05, 0) is 44.4 Å². The topological polar surface area (TPSA) is 92.8 Å². The van der Waals surface area contributed by atoms with Gasteiger partial charge in [-0.1, -0.05) is 42.5 Å². The molecule has 3 rings (SSSR count). The zero-order chi connectivity index (χ0) is 21.7. The predicted molar refractivity (Wildman–Crippen MR) is 110 cm³/mol. The molecule has 1 heterocycles. The molecule has 2 atom stereocenters. The Morgan fingerprint density at radius 1 is 0.933 bits per heavy atom. The summed E-state index contributed by atoms with van der Waals surface area (Å²) in [6.07, 6.45) is 1.56. The second-order valence-corrected chi connectivity index (χ2v) is 7.30. The Hall–Kier alpha value is -3.48. The van der Waals surface area contributed by atoms with E-state index >= 15 is 0 Å². The highest BCUT2D eigenvalue weighted by Gasteiger charge is 2.41. The first-order chi connectivity index (χ1) is 14.4. The Kier molecular flexibility index (Phi) is 6.61. The number of carbonyl (C=O) groups excluding carboxylic acids is 4. The molecule has 2 aromatic rings. The Labute approximate surface area is 175 Å². The van der Waals surface area contributed by atoms with Crippen molar-refractivity contribution in [3.05, 3.63) is 71.3 Å². The van der Waals surface area contributed by atoms with Gasteiger partial charge in [0.05, 0.1) is 11.1 Å². The molecule has 2 aromatic carbocycles. The smallest absolute Gasteiger partial charge is 0.329 e. The maximum atomic E-state index is 12.4. The summed E-state index contributed by atoms with van der Waals surface area (Å²) < 4.78 is 5.04. The molecule has 156 valence electrons. The van der Waals surface area contributed by atoms with Gasteiger partial charge in [-0.3, -0.25) is 19.3 Å². The number of imide groups is 1. The van der Waals surface area contributed by atoms with Crippen molar-refractivity contribution in [2.75, 3.05) is 6.61 Å². The number of rotatable bonds is 8. The molecule has 1 N–H and O–H groups in total. The van der Waals surface area contributed by atoms with Crippen molar-refractivity contribution in [2.24, 2.45) is 0 Å². The molecular formula is C23H24N2O5. The van der Waals surface area contributed by atoms with Crippen LogP contribution in [0.2, 0.25) is 0 Å². The van der Waals surface area contributed by atoms with E-state index in [9.17, 15) is 19.2 Å². The average Bonchev–Trinajstić information content (AvgIpc) is 3.01. The third kappa shape index (κ3) is 4.74. The fraction of sp³-hybridized carbons (Fsp3) is 0.304. The SMILES string of the molecule is C[C@H](CCc1ccccc1)NC(=O)COC(=O)[C@@H](C)N1C(=O)c2ccccc2C1=O. The highest BCUT2D eigenvalue weighted by atomic mass is 16.5. The summed E-state index contributed by atoms with van der Waals surface area (Å²) in [5, 5.41) is 2.78. The molecule has 30 heavy (non-hydrogen) atoms.